The first-order valence-corrected chi connectivity index (χ1v) is 4.58. The van der Waals surface area contributed by atoms with E-state index >= 15 is 0 Å². The van der Waals surface area contributed by atoms with Crippen molar-refractivity contribution in [1.29, 1.82) is 0 Å². The van der Waals surface area contributed by atoms with E-state index in [4.69, 9.17) is 5.11 Å². The highest BCUT2D eigenvalue weighted by Gasteiger charge is 2.22. The van der Waals surface area contributed by atoms with E-state index in [1.54, 1.807) is 19.0 Å². The van der Waals surface area contributed by atoms with Crippen LogP contribution in [0.25, 0.3) is 0 Å². The van der Waals surface area contributed by atoms with E-state index in [2.05, 4.69) is 0 Å². The molecule has 1 aromatic carbocycles. The van der Waals surface area contributed by atoms with E-state index in [1.807, 2.05) is 0 Å². The van der Waals surface area contributed by atoms with Crippen molar-refractivity contribution in [2.24, 2.45) is 0 Å². The molecule has 82 valence electrons. The van der Waals surface area contributed by atoms with Crippen LogP contribution in [0.5, 0.6) is 5.75 Å². The first-order valence-electron chi connectivity index (χ1n) is 4.58. The first-order chi connectivity index (χ1) is 6.93. The molecule has 0 aliphatic carbocycles. The summed E-state index contributed by atoms with van der Waals surface area (Å²) in [7, 11) is 3.41. The predicted molar refractivity (Wildman–Crippen MR) is 55.2 cm³/mol. The summed E-state index contributed by atoms with van der Waals surface area (Å²) in [4.78, 5) is 13.0. The van der Waals surface area contributed by atoms with Gasteiger partial charge in [0.05, 0.1) is 6.04 Å². The van der Waals surface area contributed by atoms with Crippen molar-refractivity contribution in [3.8, 4) is 5.75 Å². The second kappa shape index (κ2) is 4.40. The molecule has 1 rings (SSSR count). The van der Waals surface area contributed by atoms with Crippen LogP contribution in [0.15, 0.2) is 18.2 Å². The van der Waals surface area contributed by atoms with E-state index in [1.165, 1.54) is 19.1 Å². The van der Waals surface area contributed by atoms with Crippen molar-refractivity contribution in [1.82, 2.24) is 4.90 Å². The van der Waals surface area contributed by atoms with Crippen molar-refractivity contribution in [3.05, 3.63) is 29.6 Å². The van der Waals surface area contributed by atoms with E-state index < -0.39 is 11.9 Å². The molecule has 0 amide bonds. The molecule has 0 aliphatic heterocycles. The molecule has 0 saturated carbocycles. The fourth-order valence-corrected chi connectivity index (χ4v) is 1.60. The van der Waals surface area contributed by atoms with Crippen molar-refractivity contribution in [3.63, 3.8) is 0 Å². The van der Waals surface area contributed by atoms with E-state index in [-0.39, 0.29) is 17.1 Å². The van der Waals surface area contributed by atoms with E-state index in [9.17, 15) is 9.18 Å². The number of carbonyl (C=O) groups is 1. The van der Waals surface area contributed by atoms with Crippen molar-refractivity contribution >= 4 is 5.78 Å². The highest BCUT2D eigenvalue weighted by Crippen LogP contribution is 2.24. The zero-order valence-corrected chi connectivity index (χ0v) is 8.99. The fourth-order valence-electron chi connectivity index (χ4n) is 1.60. The van der Waals surface area contributed by atoms with Crippen LogP contribution < -0.4 is 0 Å². The summed E-state index contributed by atoms with van der Waals surface area (Å²) in [6, 6.07) is 3.20. The minimum absolute atomic E-state index is 0.135. The topological polar surface area (TPSA) is 40.5 Å². The molecule has 1 atom stereocenters. The smallest absolute Gasteiger partial charge is 0.151 e. The van der Waals surface area contributed by atoms with Crippen LogP contribution >= 0.6 is 0 Å². The van der Waals surface area contributed by atoms with Gasteiger partial charge in [-0.15, -0.1) is 0 Å². The maximum absolute atomic E-state index is 13.5. The molecule has 1 aromatic rings. The Morgan fingerprint density at radius 3 is 2.47 bits per heavy atom. The summed E-state index contributed by atoms with van der Waals surface area (Å²) in [5.41, 5.74) is 0.283. The van der Waals surface area contributed by atoms with Gasteiger partial charge in [0.1, 0.15) is 11.6 Å². The number of aromatic hydroxyl groups is 1. The second-order valence-corrected chi connectivity index (χ2v) is 3.68. The Balaban J connectivity index is 3.17. The standard InChI is InChI=1S/C11H14FNO2/c1-7(14)11(13(2)3)9-5-4-8(15)6-10(9)12/h4-6,11,15H,1-3H3. The molecule has 0 radical (unpaired) electrons. The molecule has 0 spiro atoms. The second-order valence-electron chi connectivity index (χ2n) is 3.68. The number of nitrogens with zero attached hydrogens (tertiary/aromatic N) is 1. The number of likely N-dealkylation sites (N-methyl/N-ethyl adjacent to an activating group) is 1. The maximum atomic E-state index is 13.5. The Kier molecular flexibility index (Phi) is 3.42. The molecular weight excluding hydrogens is 197 g/mol. The van der Waals surface area contributed by atoms with Gasteiger partial charge in [0.15, 0.2) is 5.78 Å². The Bertz CT molecular complexity index is 377. The number of hydrogen-bond acceptors (Lipinski definition) is 3. The molecule has 0 heterocycles. The number of benzene rings is 1. The summed E-state index contributed by atoms with van der Waals surface area (Å²) in [6.07, 6.45) is 0. The minimum atomic E-state index is -0.606. The Morgan fingerprint density at radius 2 is 2.07 bits per heavy atom. The molecule has 15 heavy (non-hydrogen) atoms. The lowest BCUT2D eigenvalue weighted by Crippen LogP contribution is -2.26. The third kappa shape index (κ3) is 2.53. The molecule has 3 nitrogen and oxygen atoms in total. The van der Waals surface area contributed by atoms with Gasteiger partial charge in [0, 0.05) is 11.6 Å². The molecule has 1 unspecified atom stereocenters. The van der Waals surface area contributed by atoms with Crippen LogP contribution in [0.2, 0.25) is 0 Å². The van der Waals surface area contributed by atoms with Crippen molar-refractivity contribution < 1.29 is 14.3 Å². The number of phenols is 1. The third-order valence-corrected chi connectivity index (χ3v) is 2.18. The van der Waals surface area contributed by atoms with Gasteiger partial charge in [-0.05, 0) is 27.1 Å². The monoisotopic (exact) mass is 211 g/mol. The number of rotatable bonds is 3. The predicted octanol–water partition coefficient (Wildman–Crippen LogP) is 1.72. The zero-order valence-electron chi connectivity index (χ0n) is 8.99. The van der Waals surface area contributed by atoms with Crippen LogP contribution in [0.1, 0.15) is 18.5 Å². The fraction of sp³-hybridized carbons (Fsp3) is 0.364. The largest absolute Gasteiger partial charge is 0.508 e. The van der Waals surface area contributed by atoms with Crippen LogP contribution in [0, 0.1) is 5.82 Å². The van der Waals surface area contributed by atoms with Crippen LogP contribution in [0.3, 0.4) is 0 Å². The summed E-state index contributed by atoms with van der Waals surface area (Å²) < 4.78 is 13.5. The molecule has 0 bridgehead atoms. The SMILES string of the molecule is CC(=O)C(c1ccc(O)cc1F)N(C)C. The summed E-state index contributed by atoms with van der Waals surface area (Å²) in [5.74, 6) is -0.842. The van der Waals surface area contributed by atoms with Gasteiger partial charge in [0.2, 0.25) is 0 Å². The lowest BCUT2D eigenvalue weighted by atomic mass is 10.0. The van der Waals surface area contributed by atoms with Gasteiger partial charge in [-0.2, -0.15) is 0 Å². The molecule has 0 fully saturated rings. The van der Waals surface area contributed by atoms with Gasteiger partial charge in [-0.3, -0.25) is 9.69 Å². The molecule has 0 saturated heterocycles. The number of halogens is 1. The van der Waals surface area contributed by atoms with E-state index in [0.717, 1.165) is 6.07 Å². The summed E-state index contributed by atoms with van der Waals surface area (Å²) in [6.45, 7) is 1.41. The van der Waals surface area contributed by atoms with Gasteiger partial charge in [0.25, 0.3) is 0 Å². The number of hydrogen-bond donors (Lipinski definition) is 1. The summed E-state index contributed by atoms with van der Waals surface area (Å²) >= 11 is 0. The highest BCUT2D eigenvalue weighted by molar-refractivity contribution is 5.82. The van der Waals surface area contributed by atoms with E-state index in [0.29, 0.717) is 0 Å². The van der Waals surface area contributed by atoms with Crippen molar-refractivity contribution in [2.45, 2.75) is 13.0 Å². The number of Topliss-reactive ketones (excluding diaryl/α,β-unsaturated/α-hetero) is 1. The average molecular weight is 211 g/mol. The average Bonchev–Trinajstić information content (AvgIpc) is 2.08. The van der Waals surface area contributed by atoms with Crippen molar-refractivity contribution in [2.75, 3.05) is 14.1 Å². The van der Waals surface area contributed by atoms with Gasteiger partial charge in [-0.1, -0.05) is 6.07 Å². The lowest BCUT2D eigenvalue weighted by Gasteiger charge is -2.22. The Morgan fingerprint density at radius 1 is 1.47 bits per heavy atom. The van der Waals surface area contributed by atoms with Gasteiger partial charge in [-0.25, -0.2) is 4.39 Å². The van der Waals surface area contributed by atoms with Gasteiger partial charge >= 0.3 is 0 Å². The van der Waals surface area contributed by atoms with Gasteiger partial charge < -0.3 is 5.11 Å². The molecule has 1 N–H and O–H groups in total. The normalized spacial score (nSPS) is 12.9. The quantitative estimate of drug-likeness (QED) is 0.827. The molecule has 0 aromatic heterocycles. The molecular formula is C11H14FNO2. The molecule has 0 aliphatic rings. The third-order valence-electron chi connectivity index (χ3n) is 2.18. The molecule has 4 heteroatoms. The lowest BCUT2D eigenvalue weighted by molar-refractivity contribution is -0.121. The first kappa shape index (κ1) is 11.7. The summed E-state index contributed by atoms with van der Waals surface area (Å²) in [5, 5.41) is 9.06. The number of ketones is 1. The number of phenolic OH excluding ortho intramolecular Hbond substituents is 1. The zero-order chi connectivity index (χ0) is 11.6. The Hall–Kier alpha value is -1.42. The minimum Gasteiger partial charge on any atom is -0.508 e. The number of carbonyl (C=O) groups excluding carboxylic acids is 1. The van der Waals surface area contributed by atoms with Crippen LogP contribution in [0.4, 0.5) is 4.39 Å². The van der Waals surface area contributed by atoms with Crippen LogP contribution in [-0.4, -0.2) is 29.9 Å². The highest BCUT2D eigenvalue weighted by atomic mass is 19.1. The maximum Gasteiger partial charge on any atom is 0.151 e. The van der Waals surface area contributed by atoms with Crippen LogP contribution in [-0.2, 0) is 4.79 Å². The Labute approximate surface area is 88.1 Å².